The van der Waals surface area contributed by atoms with Gasteiger partial charge >= 0.3 is 0 Å². The maximum absolute atomic E-state index is 10.1. The molecule has 0 amide bonds. The van der Waals surface area contributed by atoms with Crippen molar-refractivity contribution in [2.75, 3.05) is 7.11 Å². The van der Waals surface area contributed by atoms with Gasteiger partial charge in [0, 0.05) is 5.56 Å². The van der Waals surface area contributed by atoms with Crippen molar-refractivity contribution in [3.8, 4) is 5.75 Å². The normalized spacial score (nSPS) is 9.15. The predicted molar refractivity (Wildman–Crippen MR) is 50.2 cm³/mol. The van der Waals surface area contributed by atoms with Gasteiger partial charge in [-0.25, -0.2) is 4.79 Å². The number of rotatable bonds is 2. The third-order valence-corrected chi connectivity index (χ3v) is 1.96. The summed E-state index contributed by atoms with van der Waals surface area (Å²) in [5, 5.41) is 0. The number of hydrogen-bond donors (Lipinski definition) is 0. The lowest BCUT2D eigenvalue weighted by Crippen LogP contribution is -1.88. The van der Waals surface area contributed by atoms with E-state index in [0.29, 0.717) is 5.69 Å². The van der Waals surface area contributed by atoms with E-state index >= 15 is 0 Å². The van der Waals surface area contributed by atoms with Crippen LogP contribution < -0.4 is 4.74 Å². The van der Waals surface area contributed by atoms with Gasteiger partial charge in [-0.1, -0.05) is 6.07 Å². The molecule has 0 N–H and O–H groups in total. The lowest BCUT2D eigenvalue weighted by Gasteiger charge is -2.07. The summed E-state index contributed by atoms with van der Waals surface area (Å²) in [6.45, 7) is 3.75. The number of benzene rings is 1. The van der Waals surface area contributed by atoms with E-state index in [1.165, 1.54) is 6.08 Å². The highest BCUT2D eigenvalue weighted by Gasteiger charge is 2.06. The van der Waals surface area contributed by atoms with Crippen LogP contribution >= 0.6 is 0 Å². The Labute approximate surface area is 77.1 Å². The zero-order chi connectivity index (χ0) is 9.84. The van der Waals surface area contributed by atoms with Gasteiger partial charge in [-0.3, -0.25) is 0 Å². The molecule has 0 unspecified atom stereocenters. The molecular weight excluding hydrogens is 166 g/mol. The van der Waals surface area contributed by atoms with Crippen molar-refractivity contribution in [2.45, 2.75) is 13.8 Å². The molecule has 0 aliphatic rings. The Kier molecular flexibility index (Phi) is 2.83. The SMILES string of the molecule is COc1ccc(C)c(N=C=O)c1C. The third kappa shape index (κ3) is 1.76. The van der Waals surface area contributed by atoms with E-state index in [9.17, 15) is 4.79 Å². The second-order valence-electron chi connectivity index (χ2n) is 2.76. The van der Waals surface area contributed by atoms with Gasteiger partial charge in [0.1, 0.15) is 5.75 Å². The lowest BCUT2D eigenvalue weighted by molar-refractivity contribution is 0.412. The van der Waals surface area contributed by atoms with E-state index in [-0.39, 0.29) is 0 Å². The topological polar surface area (TPSA) is 38.7 Å². The molecular formula is C10H11NO2. The average Bonchev–Trinajstić information content (AvgIpc) is 2.12. The molecule has 0 aliphatic heterocycles. The Bertz CT molecular complexity index is 365. The average molecular weight is 177 g/mol. The standard InChI is InChI=1S/C10H11NO2/c1-7-4-5-9(13-3)8(2)10(7)11-6-12/h4-5H,1-3H3. The van der Waals surface area contributed by atoms with Crippen molar-refractivity contribution in [3.63, 3.8) is 0 Å². The summed E-state index contributed by atoms with van der Waals surface area (Å²) in [6, 6.07) is 3.72. The highest BCUT2D eigenvalue weighted by Crippen LogP contribution is 2.30. The van der Waals surface area contributed by atoms with Crippen LogP contribution in [-0.2, 0) is 4.79 Å². The molecule has 3 nitrogen and oxygen atoms in total. The minimum absolute atomic E-state index is 0.648. The smallest absolute Gasteiger partial charge is 0.240 e. The maximum atomic E-state index is 10.1. The van der Waals surface area contributed by atoms with E-state index in [2.05, 4.69) is 4.99 Å². The zero-order valence-electron chi connectivity index (χ0n) is 7.92. The van der Waals surface area contributed by atoms with Crippen LogP contribution in [-0.4, -0.2) is 13.2 Å². The van der Waals surface area contributed by atoms with Crippen LogP contribution in [0, 0.1) is 13.8 Å². The van der Waals surface area contributed by atoms with E-state index in [4.69, 9.17) is 4.74 Å². The molecule has 0 aliphatic carbocycles. The van der Waals surface area contributed by atoms with Crippen molar-refractivity contribution in [1.29, 1.82) is 0 Å². The Morgan fingerprint density at radius 3 is 2.62 bits per heavy atom. The molecule has 68 valence electrons. The zero-order valence-corrected chi connectivity index (χ0v) is 7.92. The number of ether oxygens (including phenoxy) is 1. The van der Waals surface area contributed by atoms with Gasteiger partial charge in [0.05, 0.1) is 12.8 Å². The van der Waals surface area contributed by atoms with Crippen LogP contribution in [0.3, 0.4) is 0 Å². The van der Waals surface area contributed by atoms with Crippen LogP contribution in [0.1, 0.15) is 11.1 Å². The second-order valence-corrected chi connectivity index (χ2v) is 2.76. The Balaban J connectivity index is 3.37. The lowest BCUT2D eigenvalue weighted by atomic mass is 10.1. The van der Waals surface area contributed by atoms with Crippen LogP contribution in [0.2, 0.25) is 0 Å². The summed E-state index contributed by atoms with van der Waals surface area (Å²) >= 11 is 0. The molecule has 13 heavy (non-hydrogen) atoms. The van der Waals surface area contributed by atoms with Crippen LogP contribution in [0.4, 0.5) is 5.69 Å². The summed E-state index contributed by atoms with van der Waals surface area (Å²) in [6.07, 6.45) is 1.54. The molecule has 0 saturated carbocycles. The van der Waals surface area contributed by atoms with Crippen molar-refractivity contribution < 1.29 is 9.53 Å². The van der Waals surface area contributed by atoms with Gasteiger partial charge in [0.15, 0.2) is 0 Å². The van der Waals surface area contributed by atoms with E-state index in [0.717, 1.165) is 16.9 Å². The van der Waals surface area contributed by atoms with Gasteiger partial charge in [-0.15, -0.1) is 0 Å². The molecule has 0 bridgehead atoms. The van der Waals surface area contributed by atoms with Crippen molar-refractivity contribution in [2.24, 2.45) is 4.99 Å². The summed E-state index contributed by atoms with van der Waals surface area (Å²) in [5.74, 6) is 0.736. The molecule has 1 rings (SSSR count). The molecule has 0 heterocycles. The quantitative estimate of drug-likeness (QED) is 0.513. The molecule has 1 aromatic carbocycles. The first-order valence-electron chi connectivity index (χ1n) is 3.92. The van der Waals surface area contributed by atoms with Gasteiger partial charge in [-0.05, 0) is 25.5 Å². The molecule has 0 aromatic heterocycles. The van der Waals surface area contributed by atoms with Gasteiger partial charge in [0.25, 0.3) is 0 Å². The number of nitrogens with zero attached hydrogens (tertiary/aromatic N) is 1. The Morgan fingerprint density at radius 2 is 2.08 bits per heavy atom. The van der Waals surface area contributed by atoms with Crippen molar-refractivity contribution in [1.82, 2.24) is 0 Å². The molecule has 0 atom stereocenters. The molecule has 3 heteroatoms. The highest BCUT2D eigenvalue weighted by atomic mass is 16.5. The van der Waals surface area contributed by atoms with Gasteiger partial charge < -0.3 is 4.74 Å². The Hall–Kier alpha value is -1.60. The second kappa shape index (κ2) is 3.87. The molecule has 0 spiro atoms. The fraction of sp³-hybridized carbons (Fsp3) is 0.300. The Morgan fingerprint density at radius 1 is 1.38 bits per heavy atom. The third-order valence-electron chi connectivity index (χ3n) is 1.96. The first-order valence-corrected chi connectivity index (χ1v) is 3.92. The fourth-order valence-corrected chi connectivity index (χ4v) is 1.26. The predicted octanol–water partition coefficient (Wildman–Crippen LogP) is 2.28. The van der Waals surface area contributed by atoms with Crippen molar-refractivity contribution >= 4 is 11.8 Å². The molecule has 0 saturated heterocycles. The number of aryl methyl sites for hydroxylation is 1. The summed E-state index contributed by atoms with van der Waals surface area (Å²) in [7, 11) is 1.59. The fourth-order valence-electron chi connectivity index (χ4n) is 1.26. The summed E-state index contributed by atoms with van der Waals surface area (Å²) in [4.78, 5) is 13.8. The molecule has 0 radical (unpaired) electrons. The number of isocyanates is 1. The maximum Gasteiger partial charge on any atom is 0.240 e. The minimum Gasteiger partial charge on any atom is -0.496 e. The van der Waals surface area contributed by atoms with Crippen LogP contribution in [0.25, 0.3) is 0 Å². The number of aliphatic imine (C=N–C) groups is 1. The number of carbonyl (C=O) groups excluding carboxylic acids is 1. The van der Waals surface area contributed by atoms with Gasteiger partial charge in [0.2, 0.25) is 6.08 Å². The largest absolute Gasteiger partial charge is 0.496 e. The summed E-state index contributed by atoms with van der Waals surface area (Å²) in [5.41, 5.74) is 2.46. The number of methoxy groups -OCH3 is 1. The monoisotopic (exact) mass is 177 g/mol. The van der Waals surface area contributed by atoms with Crippen molar-refractivity contribution in [3.05, 3.63) is 23.3 Å². The van der Waals surface area contributed by atoms with Crippen LogP contribution in [0.15, 0.2) is 17.1 Å². The van der Waals surface area contributed by atoms with Crippen LogP contribution in [0.5, 0.6) is 5.75 Å². The van der Waals surface area contributed by atoms with E-state index in [1.54, 1.807) is 7.11 Å². The first kappa shape index (κ1) is 9.49. The van der Waals surface area contributed by atoms with Gasteiger partial charge in [-0.2, -0.15) is 4.99 Å². The summed E-state index contributed by atoms with van der Waals surface area (Å²) < 4.78 is 5.10. The number of hydrogen-bond acceptors (Lipinski definition) is 3. The first-order chi connectivity index (χ1) is 6.20. The molecule has 0 fully saturated rings. The van der Waals surface area contributed by atoms with E-state index < -0.39 is 0 Å². The molecule has 1 aromatic rings. The minimum atomic E-state index is 0.648. The van der Waals surface area contributed by atoms with E-state index in [1.807, 2.05) is 26.0 Å². The highest BCUT2D eigenvalue weighted by molar-refractivity contribution is 5.62.